The Morgan fingerprint density at radius 2 is 1.67 bits per heavy atom. The van der Waals surface area contributed by atoms with E-state index in [1.54, 1.807) is 43.5 Å². The molecule has 150 valence electrons. The molecule has 1 heterocycles. The third kappa shape index (κ3) is 4.41. The number of carbonyl (C=O) groups is 1. The number of methoxy groups -OCH3 is 1. The fraction of sp³-hybridized carbons (Fsp3) is 0.0870. The topological polar surface area (TPSA) is 64.1 Å². The number of nitrogens with one attached hydrogen (secondary N) is 1. The Balaban J connectivity index is 1.52. The summed E-state index contributed by atoms with van der Waals surface area (Å²) in [6, 6.07) is 21.0. The van der Waals surface area contributed by atoms with Crippen LogP contribution < -0.4 is 10.1 Å². The molecule has 0 bridgehead atoms. The van der Waals surface area contributed by atoms with Crippen LogP contribution in [0.25, 0.3) is 22.0 Å². The van der Waals surface area contributed by atoms with Gasteiger partial charge in [0, 0.05) is 22.0 Å². The van der Waals surface area contributed by atoms with E-state index in [1.807, 2.05) is 24.3 Å². The molecule has 0 saturated heterocycles. The Labute approximate surface area is 177 Å². The van der Waals surface area contributed by atoms with Gasteiger partial charge in [-0.2, -0.15) is 0 Å². The van der Waals surface area contributed by atoms with E-state index >= 15 is 0 Å². The summed E-state index contributed by atoms with van der Waals surface area (Å²) < 4.78 is 18.4. The molecule has 0 unspecified atom stereocenters. The van der Waals surface area contributed by atoms with Gasteiger partial charge in [0.05, 0.1) is 12.9 Å². The van der Waals surface area contributed by atoms with Gasteiger partial charge in [-0.3, -0.25) is 4.79 Å². The quantitative estimate of drug-likeness (QED) is 0.437. The van der Waals surface area contributed by atoms with Crippen molar-refractivity contribution in [2.24, 2.45) is 0 Å². The van der Waals surface area contributed by atoms with Gasteiger partial charge in [-0.25, -0.2) is 4.39 Å². The van der Waals surface area contributed by atoms with Crippen LogP contribution in [-0.2, 0) is 4.79 Å². The van der Waals surface area contributed by atoms with Crippen molar-refractivity contribution in [2.75, 3.05) is 18.2 Å². The van der Waals surface area contributed by atoms with Crippen molar-refractivity contribution < 1.29 is 13.9 Å². The van der Waals surface area contributed by atoms with E-state index in [1.165, 1.54) is 23.9 Å². The molecule has 3 aromatic carbocycles. The van der Waals surface area contributed by atoms with Gasteiger partial charge in [0.15, 0.2) is 0 Å². The third-order valence-electron chi connectivity index (χ3n) is 4.48. The molecule has 7 heteroatoms. The molecule has 0 aliphatic heterocycles. The lowest BCUT2D eigenvalue weighted by Crippen LogP contribution is -2.14. The van der Waals surface area contributed by atoms with Crippen LogP contribution in [0.5, 0.6) is 5.75 Å². The van der Waals surface area contributed by atoms with E-state index in [2.05, 4.69) is 15.5 Å². The van der Waals surface area contributed by atoms with Crippen LogP contribution in [0.4, 0.5) is 10.1 Å². The van der Waals surface area contributed by atoms with Crippen LogP contribution in [0.2, 0.25) is 0 Å². The molecule has 0 atom stereocenters. The lowest BCUT2D eigenvalue weighted by Gasteiger charge is -2.10. The molecule has 4 aromatic rings. The zero-order chi connectivity index (χ0) is 20.9. The summed E-state index contributed by atoms with van der Waals surface area (Å²) in [5.41, 5.74) is 2.16. The molecule has 0 spiro atoms. The van der Waals surface area contributed by atoms with Crippen LogP contribution in [0.3, 0.4) is 0 Å². The molecule has 1 aromatic heterocycles. The Morgan fingerprint density at radius 1 is 0.967 bits per heavy atom. The van der Waals surface area contributed by atoms with Crippen LogP contribution >= 0.6 is 11.8 Å². The molecule has 5 nitrogen and oxygen atoms in total. The lowest BCUT2D eigenvalue weighted by molar-refractivity contribution is -0.113. The predicted molar refractivity (Wildman–Crippen MR) is 117 cm³/mol. The van der Waals surface area contributed by atoms with Crippen molar-refractivity contribution in [1.29, 1.82) is 0 Å². The van der Waals surface area contributed by atoms with Gasteiger partial charge in [0.25, 0.3) is 0 Å². The minimum atomic E-state index is -0.300. The highest BCUT2D eigenvalue weighted by atomic mass is 32.2. The van der Waals surface area contributed by atoms with Crippen LogP contribution in [0, 0.1) is 5.82 Å². The van der Waals surface area contributed by atoms with Gasteiger partial charge in [0.1, 0.15) is 22.3 Å². The smallest absolute Gasteiger partial charge is 0.234 e. The molecular formula is C23H18FN3O2S. The van der Waals surface area contributed by atoms with E-state index in [4.69, 9.17) is 4.74 Å². The monoisotopic (exact) mass is 419 g/mol. The summed E-state index contributed by atoms with van der Waals surface area (Å²) in [5.74, 6) is 0.482. The van der Waals surface area contributed by atoms with Crippen molar-refractivity contribution in [3.8, 4) is 17.0 Å². The van der Waals surface area contributed by atoms with Gasteiger partial charge >= 0.3 is 0 Å². The third-order valence-corrected chi connectivity index (χ3v) is 5.47. The number of amides is 1. The maximum atomic E-state index is 13.3. The van der Waals surface area contributed by atoms with Crippen molar-refractivity contribution in [2.45, 2.75) is 5.03 Å². The number of nitrogens with zero attached hydrogens (tertiary/aromatic N) is 2. The van der Waals surface area contributed by atoms with Gasteiger partial charge < -0.3 is 10.1 Å². The fourth-order valence-corrected chi connectivity index (χ4v) is 3.78. The highest BCUT2D eigenvalue weighted by Crippen LogP contribution is 2.31. The maximum absolute atomic E-state index is 13.3. The average Bonchev–Trinajstić information content (AvgIpc) is 2.78. The number of carbonyl (C=O) groups excluding carboxylic acids is 1. The molecule has 30 heavy (non-hydrogen) atoms. The standard InChI is InChI=1S/C23H18FN3O2S/c1-29-18-12-10-17(11-13-18)25-21(28)14-30-23-20-5-3-2-4-19(20)22(26-27-23)15-6-8-16(24)9-7-15/h2-13H,14H2,1H3,(H,25,28). The lowest BCUT2D eigenvalue weighted by atomic mass is 10.1. The van der Waals surface area contributed by atoms with Crippen molar-refractivity contribution in [3.63, 3.8) is 0 Å². The molecule has 0 fully saturated rings. The van der Waals surface area contributed by atoms with E-state index < -0.39 is 0 Å². The Hall–Kier alpha value is -3.45. The van der Waals surface area contributed by atoms with Crippen molar-refractivity contribution in [3.05, 3.63) is 78.6 Å². The van der Waals surface area contributed by atoms with Crippen LogP contribution in [-0.4, -0.2) is 29.0 Å². The maximum Gasteiger partial charge on any atom is 0.234 e. The molecule has 0 saturated carbocycles. The zero-order valence-corrected chi connectivity index (χ0v) is 16.9. The molecule has 1 amide bonds. The number of hydrogen-bond acceptors (Lipinski definition) is 5. The highest BCUT2D eigenvalue weighted by Gasteiger charge is 2.13. The largest absolute Gasteiger partial charge is 0.497 e. The number of aromatic nitrogens is 2. The molecular weight excluding hydrogens is 401 g/mol. The first-order chi connectivity index (χ1) is 14.6. The summed E-state index contributed by atoms with van der Waals surface area (Å²) in [4.78, 5) is 12.3. The minimum Gasteiger partial charge on any atom is -0.497 e. The number of thioether (sulfide) groups is 1. The number of halogens is 1. The van der Waals surface area contributed by atoms with E-state index in [0.29, 0.717) is 16.4 Å². The van der Waals surface area contributed by atoms with E-state index in [9.17, 15) is 9.18 Å². The van der Waals surface area contributed by atoms with E-state index in [-0.39, 0.29) is 17.5 Å². The second kappa shape index (κ2) is 8.92. The minimum absolute atomic E-state index is 0.140. The number of fused-ring (bicyclic) bond motifs is 1. The molecule has 0 aliphatic rings. The first-order valence-electron chi connectivity index (χ1n) is 9.22. The Morgan fingerprint density at radius 3 is 2.37 bits per heavy atom. The van der Waals surface area contributed by atoms with Gasteiger partial charge in [0.2, 0.25) is 5.91 Å². The van der Waals surface area contributed by atoms with Crippen molar-refractivity contribution >= 4 is 34.1 Å². The number of rotatable bonds is 6. The number of benzene rings is 3. The summed E-state index contributed by atoms with van der Waals surface area (Å²) in [7, 11) is 1.59. The second-order valence-electron chi connectivity index (χ2n) is 6.47. The van der Waals surface area contributed by atoms with Crippen LogP contribution in [0.15, 0.2) is 77.8 Å². The van der Waals surface area contributed by atoms with Crippen LogP contribution in [0.1, 0.15) is 0 Å². The molecule has 0 aliphatic carbocycles. The number of anilines is 1. The summed E-state index contributed by atoms with van der Waals surface area (Å²) in [5, 5.41) is 14.0. The zero-order valence-electron chi connectivity index (χ0n) is 16.1. The summed E-state index contributed by atoms with van der Waals surface area (Å²) >= 11 is 1.32. The second-order valence-corrected chi connectivity index (χ2v) is 7.44. The van der Waals surface area contributed by atoms with Gasteiger partial charge in [-0.15, -0.1) is 10.2 Å². The number of hydrogen-bond donors (Lipinski definition) is 1. The fourth-order valence-electron chi connectivity index (χ4n) is 3.01. The molecule has 4 rings (SSSR count). The Bertz CT molecular complexity index is 1180. The first kappa shape index (κ1) is 19.8. The molecule has 0 radical (unpaired) electrons. The number of ether oxygens (including phenoxy) is 1. The average molecular weight is 419 g/mol. The van der Waals surface area contributed by atoms with Gasteiger partial charge in [-0.05, 0) is 48.5 Å². The Kier molecular flexibility index (Phi) is 5.90. The highest BCUT2D eigenvalue weighted by molar-refractivity contribution is 8.00. The molecule has 1 N–H and O–H groups in total. The SMILES string of the molecule is COc1ccc(NC(=O)CSc2nnc(-c3ccc(F)cc3)c3ccccc23)cc1. The summed E-state index contributed by atoms with van der Waals surface area (Å²) in [6.45, 7) is 0. The van der Waals surface area contributed by atoms with Crippen molar-refractivity contribution in [1.82, 2.24) is 10.2 Å². The first-order valence-corrected chi connectivity index (χ1v) is 10.2. The summed E-state index contributed by atoms with van der Waals surface area (Å²) in [6.07, 6.45) is 0. The predicted octanol–water partition coefficient (Wildman–Crippen LogP) is 5.18. The van der Waals surface area contributed by atoms with Gasteiger partial charge in [-0.1, -0.05) is 36.0 Å². The van der Waals surface area contributed by atoms with E-state index in [0.717, 1.165) is 22.1 Å². The normalized spacial score (nSPS) is 10.7.